The number of hydrogen-bond acceptors (Lipinski definition) is 4. The van der Waals surface area contributed by atoms with E-state index in [1.54, 1.807) is 29.7 Å². The van der Waals surface area contributed by atoms with Gasteiger partial charge in [-0.25, -0.2) is 4.98 Å². The summed E-state index contributed by atoms with van der Waals surface area (Å²) in [6.45, 7) is 2.06. The normalized spacial score (nSPS) is 10.5. The molecule has 1 heterocycles. The first-order valence-corrected chi connectivity index (χ1v) is 10.3. The van der Waals surface area contributed by atoms with Crippen LogP contribution in [-0.2, 0) is 10.5 Å². The fraction of sp³-hybridized carbons (Fsp3) is 0.143. The first-order valence-electron chi connectivity index (χ1n) is 8.32. The molecule has 1 aromatic heterocycles. The summed E-state index contributed by atoms with van der Waals surface area (Å²) in [7, 11) is 0. The highest BCUT2D eigenvalue weighted by Gasteiger charge is 2.06. The van der Waals surface area contributed by atoms with E-state index in [0.717, 1.165) is 26.9 Å². The molecule has 3 rings (SSSR count). The van der Waals surface area contributed by atoms with Gasteiger partial charge in [-0.05, 0) is 48.4 Å². The van der Waals surface area contributed by atoms with Crippen LogP contribution >= 0.6 is 23.5 Å². The van der Waals surface area contributed by atoms with Crippen molar-refractivity contribution in [2.24, 2.45) is 0 Å². The maximum Gasteiger partial charge on any atom is 0.234 e. The van der Waals surface area contributed by atoms with Gasteiger partial charge in [-0.1, -0.05) is 36.4 Å². The Balaban J connectivity index is 1.53. The third-order valence-electron chi connectivity index (χ3n) is 3.69. The van der Waals surface area contributed by atoms with Crippen LogP contribution in [0.5, 0.6) is 0 Å². The summed E-state index contributed by atoms with van der Waals surface area (Å²) in [5.74, 6) is 1.23. The van der Waals surface area contributed by atoms with Crippen LogP contribution in [0.25, 0.3) is 0 Å². The van der Waals surface area contributed by atoms with Gasteiger partial charge in [0.1, 0.15) is 0 Å². The van der Waals surface area contributed by atoms with Gasteiger partial charge >= 0.3 is 0 Å². The fourth-order valence-corrected chi connectivity index (χ4v) is 4.02. The minimum absolute atomic E-state index is 0.00721. The Bertz CT molecular complexity index is 869. The molecule has 0 saturated heterocycles. The second-order valence-corrected chi connectivity index (χ2v) is 7.77. The van der Waals surface area contributed by atoms with E-state index < -0.39 is 0 Å². The molecule has 0 aliphatic heterocycles. The van der Waals surface area contributed by atoms with E-state index in [2.05, 4.69) is 29.4 Å². The average molecular weight is 381 g/mol. The molecule has 2 aromatic carbocycles. The third-order valence-corrected chi connectivity index (χ3v) is 5.88. The molecular weight excluding hydrogens is 360 g/mol. The van der Waals surface area contributed by atoms with E-state index in [4.69, 9.17) is 0 Å². The Kier molecular flexibility index (Phi) is 6.75. The molecule has 0 fully saturated rings. The minimum Gasteiger partial charge on any atom is -0.325 e. The number of carbonyl (C=O) groups is 1. The van der Waals surface area contributed by atoms with Gasteiger partial charge in [-0.2, -0.15) is 0 Å². The van der Waals surface area contributed by atoms with E-state index in [0.29, 0.717) is 5.75 Å². The lowest BCUT2D eigenvalue weighted by Gasteiger charge is -2.08. The molecule has 0 atom stereocenters. The van der Waals surface area contributed by atoms with Crippen LogP contribution in [0.15, 0.2) is 82.8 Å². The molecule has 1 N–H and O–H groups in total. The van der Waals surface area contributed by atoms with Gasteiger partial charge in [0.25, 0.3) is 0 Å². The van der Waals surface area contributed by atoms with Crippen molar-refractivity contribution < 1.29 is 4.79 Å². The molecular formula is C21H20N2OS2. The fourth-order valence-electron chi connectivity index (χ4n) is 2.39. The van der Waals surface area contributed by atoms with Crippen molar-refractivity contribution >= 4 is 35.1 Å². The Morgan fingerprint density at radius 3 is 2.65 bits per heavy atom. The number of aryl methyl sites for hydroxylation is 1. The molecule has 5 heteroatoms. The molecule has 3 aromatic rings. The summed E-state index contributed by atoms with van der Waals surface area (Å²) in [4.78, 5) is 17.7. The first kappa shape index (κ1) is 18.5. The summed E-state index contributed by atoms with van der Waals surface area (Å²) in [6, 6.07) is 22.0. The molecule has 0 radical (unpaired) electrons. The van der Waals surface area contributed by atoms with Gasteiger partial charge in [0.2, 0.25) is 5.91 Å². The van der Waals surface area contributed by atoms with Crippen LogP contribution in [0.4, 0.5) is 5.69 Å². The number of pyridine rings is 1. The van der Waals surface area contributed by atoms with Crippen LogP contribution in [0.1, 0.15) is 11.1 Å². The molecule has 0 bridgehead atoms. The SMILES string of the molecule is Cc1ccccc1SCC(=O)Nc1cccc(CSc2ccccn2)c1. The third kappa shape index (κ3) is 5.64. The number of aromatic nitrogens is 1. The number of amides is 1. The Morgan fingerprint density at radius 2 is 1.85 bits per heavy atom. The van der Waals surface area contributed by atoms with Crippen LogP contribution in [0.2, 0.25) is 0 Å². The van der Waals surface area contributed by atoms with Crippen molar-refractivity contribution in [1.29, 1.82) is 0 Å². The monoisotopic (exact) mass is 380 g/mol. The number of nitrogens with one attached hydrogen (secondary N) is 1. The summed E-state index contributed by atoms with van der Waals surface area (Å²) >= 11 is 3.24. The van der Waals surface area contributed by atoms with E-state index in [1.165, 1.54) is 5.56 Å². The lowest BCUT2D eigenvalue weighted by molar-refractivity contribution is -0.113. The number of benzene rings is 2. The minimum atomic E-state index is 0.00721. The molecule has 0 aliphatic rings. The number of rotatable bonds is 7. The van der Waals surface area contributed by atoms with Crippen LogP contribution < -0.4 is 5.32 Å². The molecule has 1 amide bonds. The van der Waals surface area contributed by atoms with E-state index in [-0.39, 0.29) is 5.91 Å². The Morgan fingerprint density at radius 1 is 1.00 bits per heavy atom. The summed E-state index contributed by atoms with van der Waals surface area (Å²) in [6.07, 6.45) is 1.80. The quantitative estimate of drug-likeness (QED) is 0.556. The van der Waals surface area contributed by atoms with Gasteiger partial charge in [0.05, 0.1) is 10.8 Å². The molecule has 0 aliphatic carbocycles. The van der Waals surface area contributed by atoms with Crippen LogP contribution in [0, 0.1) is 6.92 Å². The van der Waals surface area contributed by atoms with Gasteiger partial charge in [-0.3, -0.25) is 4.79 Å². The first-order chi connectivity index (χ1) is 12.7. The standard InChI is InChI=1S/C21H20N2OS2/c1-16-7-2-3-10-19(16)25-15-20(24)23-18-9-6-8-17(13-18)14-26-21-11-4-5-12-22-21/h2-13H,14-15H2,1H3,(H,23,24). The molecule has 0 saturated carbocycles. The zero-order valence-corrected chi connectivity index (χ0v) is 16.1. The average Bonchev–Trinajstić information content (AvgIpc) is 2.67. The highest BCUT2D eigenvalue weighted by molar-refractivity contribution is 8.00. The van der Waals surface area contributed by atoms with Crippen molar-refractivity contribution in [2.45, 2.75) is 22.6 Å². The number of nitrogens with zero attached hydrogens (tertiary/aromatic N) is 1. The topological polar surface area (TPSA) is 42.0 Å². The highest BCUT2D eigenvalue weighted by Crippen LogP contribution is 2.24. The van der Waals surface area contributed by atoms with Gasteiger partial charge < -0.3 is 5.32 Å². The molecule has 0 unspecified atom stereocenters. The number of hydrogen-bond donors (Lipinski definition) is 1. The largest absolute Gasteiger partial charge is 0.325 e. The molecule has 26 heavy (non-hydrogen) atoms. The van der Waals surface area contributed by atoms with Crippen LogP contribution in [-0.4, -0.2) is 16.6 Å². The van der Waals surface area contributed by atoms with Crippen molar-refractivity contribution in [3.63, 3.8) is 0 Å². The lowest BCUT2D eigenvalue weighted by Crippen LogP contribution is -2.14. The number of anilines is 1. The second kappa shape index (κ2) is 9.46. The zero-order chi connectivity index (χ0) is 18.2. The van der Waals surface area contributed by atoms with E-state index in [1.807, 2.05) is 54.6 Å². The van der Waals surface area contributed by atoms with Gasteiger partial charge in [0.15, 0.2) is 0 Å². The number of thioether (sulfide) groups is 2. The summed E-state index contributed by atoms with van der Waals surface area (Å²) in [5, 5.41) is 3.98. The second-order valence-electron chi connectivity index (χ2n) is 5.76. The predicted molar refractivity (Wildman–Crippen MR) is 111 cm³/mol. The maximum absolute atomic E-state index is 12.2. The molecule has 132 valence electrons. The van der Waals surface area contributed by atoms with Crippen LogP contribution in [0.3, 0.4) is 0 Å². The zero-order valence-electron chi connectivity index (χ0n) is 14.5. The summed E-state index contributed by atoms with van der Waals surface area (Å²) < 4.78 is 0. The molecule has 3 nitrogen and oxygen atoms in total. The highest BCUT2D eigenvalue weighted by atomic mass is 32.2. The Hall–Kier alpha value is -2.24. The van der Waals surface area contributed by atoms with Crippen molar-refractivity contribution in [2.75, 3.05) is 11.1 Å². The smallest absolute Gasteiger partial charge is 0.234 e. The van der Waals surface area contributed by atoms with E-state index >= 15 is 0 Å². The molecule has 0 spiro atoms. The van der Waals surface area contributed by atoms with Gasteiger partial charge in [-0.15, -0.1) is 23.5 Å². The summed E-state index contributed by atoms with van der Waals surface area (Å²) in [5.41, 5.74) is 3.18. The van der Waals surface area contributed by atoms with Crippen molar-refractivity contribution in [3.8, 4) is 0 Å². The van der Waals surface area contributed by atoms with Crippen molar-refractivity contribution in [1.82, 2.24) is 4.98 Å². The maximum atomic E-state index is 12.2. The lowest BCUT2D eigenvalue weighted by atomic mass is 10.2. The van der Waals surface area contributed by atoms with Gasteiger partial charge in [0, 0.05) is 22.5 Å². The van der Waals surface area contributed by atoms with E-state index in [9.17, 15) is 4.79 Å². The predicted octanol–water partition coefficient (Wildman–Crippen LogP) is 5.41. The number of carbonyl (C=O) groups excluding carboxylic acids is 1. The van der Waals surface area contributed by atoms with Crippen molar-refractivity contribution in [3.05, 3.63) is 84.1 Å². The Labute approximate surface area is 162 Å².